The Kier molecular flexibility index (Phi) is 3.98. The van der Waals surface area contributed by atoms with Gasteiger partial charge in [0, 0.05) is 13.6 Å². The highest BCUT2D eigenvalue weighted by atomic mass is 16.5. The molecule has 1 aromatic rings. The molecular weight excluding hydrogens is 240 g/mol. The third-order valence-electron chi connectivity index (χ3n) is 3.39. The largest absolute Gasteiger partial charge is 0.479 e. The van der Waals surface area contributed by atoms with E-state index in [1.54, 1.807) is 6.92 Å². The van der Waals surface area contributed by atoms with Crippen molar-refractivity contribution in [2.75, 3.05) is 23.8 Å². The lowest BCUT2D eigenvalue weighted by atomic mass is 10.1. The first-order valence-electron chi connectivity index (χ1n) is 6.83. The summed E-state index contributed by atoms with van der Waals surface area (Å²) in [5.74, 6) is 1.38. The molecule has 1 aliphatic rings. The smallest absolute Gasteiger partial charge is 0.267 e. The average Bonchev–Trinajstić information content (AvgIpc) is 2.38. The lowest BCUT2D eigenvalue weighted by Crippen LogP contribution is -2.45. The third-order valence-corrected chi connectivity index (χ3v) is 3.39. The minimum Gasteiger partial charge on any atom is -0.479 e. The number of amides is 1. The molecule has 19 heavy (non-hydrogen) atoms. The van der Waals surface area contributed by atoms with Crippen molar-refractivity contribution in [3.63, 3.8) is 0 Å². The van der Waals surface area contributed by atoms with E-state index in [-0.39, 0.29) is 5.91 Å². The number of rotatable bonds is 4. The van der Waals surface area contributed by atoms with Gasteiger partial charge in [-0.2, -0.15) is 0 Å². The van der Waals surface area contributed by atoms with Gasteiger partial charge in [0.25, 0.3) is 5.91 Å². The van der Waals surface area contributed by atoms with Crippen molar-refractivity contribution in [2.45, 2.75) is 33.3 Å². The van der Waals surface area contributed by atoms with Crippen molar-refractivity contribution in [1.29, 1.82) is 0 Å². The molecular formula is C15H22N2O2. The minimum atomic E-state index is -0.410. The summed E-state index contributed by atoms with van der Waals surface area (Å²) in [7, 11) is 1.86. The monoisotopic (exact) mass is 262 g/mol. The first-order chi connectivity index (χ1) is 9.04. The van der Waals surface area contributed by atoms with Gasteiger partial charge in [0.1, 0.15) is 11.4 Å². The first kappa shape index (κ1) is 13.7. The molecule has 0 aromatic heterocycles. The molecule has 0 saturated heterocycles. The summed E-state index contributed by atoms with van der Waals surface area (Å²) < 4.78 is 5.69. The summed E-state index contributed by atoms with van der Waals surface area (Å²) in [6, 6.07) is 5.82. The molecule has 2 rings (SSSR count). The van der Waals surface area contributed by atoms with E-state index in [9.17, 15) is 4.79 Å². The number of hydrogen-bond donors (Lipinski definition) is 1. The standard InChI is InChI=1S/C15H22N2O2/c1-10(2)8-9-17-14-12(16-4)6-5-7-13(14)19-11(3)15(17)18/h5-7,10-11,16H,8-9H2,1-4H3. The summed E-state index contributed by atoms with van der Waals surface area (Å²) in [6.45, 7) is 6.87. The molecule has 1 aromatic carbocycles. The highest BCUT2D eigenvalue weighted by Crippen LogP contribution is 2.40. The summed E-state index contributed by atoms with van der Waals surface area (Å²) >= 11 is 0. The van der Waals surface area contributed by atoms with E-state index in [1.807, 2.05) is 30.1 Å². The van der Waals surface area contributed by atoms with Crippen LogP contribution in [-0.4, -0.2) is 25.6 Å². The van der Waals surface area contributed by atoms with Crippen LogP contribution >= 0.6 is 0 Å². The summed E-state index contributed by atoms with van der Waals surface area (Å²) in [4.78, 5) is 14.2. The van der Waals surface area contributed by atoms with Crippen LogP contribution in [0.15, 0.2) is 18.2 Å². The molecule has 1 atom stereocenters. The second-order valence-corrected chi connectivity index (χ2v) is 5.33. The van der Waals surface area contributed by atoms with Crippen LogP contribution in [0.1, 0.15) is 27.2 Å². The van der Waals surface area contributed by atoms with Crippen molar-refractivity contribution < 1.29 is 9.53 Å². The Morgan fingerprint density at radius 1 is 1.42 bits per heavy atom. The fourth-order valence-corrected chi connectivity index (χ4v) is 2.28. The van der Waals surface area contributed by atoms with Gasteiger partial charge in [-0.3, -0.25) is 4.79 Å². The SMILES string of the molecule is CNc1cccc2c1N(CCC(C)C)C(=O)C(C)O2. The second kappa shape index (κ2) is 5.51. The molecule has 4 nitrogen and oxygen atoms in total. The van der Waals surface area contributed by atoms with Crippen molar-refractivity contribution in [1.82, 2.24) is 0 Å². The third kappa shape index (κ3) is 2.67. The number of nitrogens with one attached hydrogen (secondary N) is 1. The normalized spacial score (nSPS) is 18.3. The Balaban J connectivity index is 2.38. The maximum Gasteiger partial charge on any atom is 0.267 e. The van der Waals surface area contributed by atoms with E-state index in [0.29, 0.717) is 5.92 Å². The number of ether oxygens (including phenoxy) is 1. The molecule has 104 valence electrons. The lowest BCUT2D eigenvalue weighted by molar-refractivity contribution is -0.125. The van der Waals surface area contributed by atoms with Crippen LogP contribution in [-0.2, 0) is 4.79 Å². The van der Waals surface area contributed by atoms with Gasteiger partial charge in [0.2, 0.25) is 0 Å². The van der Waals surface area contributed by atoms with E-state index in [1.165, 1.54) is 0 Å². The Morgan fingerprint density at radius 3 is 2.79 bits per heavy atom. The van der Waals surface area contributed by atoms with Gasteiger partial charge in [-0.25, -0.2) is 0 Å². The van der Waals surface area contributed by atoms with Crippen LogP contribution in [0.5, 0.6) is 5.75 Å². The molecule has 0 bridgehead atoms. The number of fused-ring (bicyclic) bond motifs is 1. The molecule has 0 fully saturated rings. The molecule has 1 heterocycles. The van der Waals surface area contributed by atoms with Gasteiger partial charge in [0.15, 0.2) is 6.10 Å². The van der Waals surface area contributed by atoms with Gasteiger partial charge >= 0.3 is 0 Å². The van der Waals surface area contributed by atoms with E-state index in [0.717, 1.165) is 30.1 Å². The zero-order valence-corrected chi connectivity index (χ0v) is 12.1. The molecule has 1 unspecified atom stereocenters. The zero-order chi connectivity index (χ0) is 14.0. The number of benzene rings is 1. The van der Waals surface area contributed by atoms with E-state index >= 15 is 0 Å². The minimum absolute atomic E-state index is 0.0378. The van der Waals surface area contributed by atoms with Crippen LogP contribution in [0.2, 0.25) is 0 Å². The Bertz CT molecular complexity index is 471. The first-order valence-corrected chi connectivity index (χ1v) is 6.83. The van der Waals surface area contributed by atoms with Gasteiger partial charge in [-0.1, -0.05) is 19.9 Å². The Labute approximate surface area is 114 Å². The second-order valence-electron chi connectivity index (χ2n) is 5.33. The predicted octanol–water partition coefficient (Wildman–Crippen LogP) is 2.89. The van der Waals surface area contributed by atoms with Crippen molar-refractivity contribution in [2.24, 2.45) is 5.92 Å². The van der Waals surface area contributed by atoms with Crippen molar-refractivity contribution in [3.8, 4) is 5.75 Å². The van der Waals surface area contributed by atoms with E-state index in [2.05, 4.69) is 19.2 Å². The Morgan fingerprint density at radius 2 is 2.16 bits per heavy atom. The zero-order valence-electron chi connectivity index (χ0n) is 12.1. The summed E-state index contributed by atoms with van der Waals surface area (Å²) in [5.41, 5.74) is 1.80. The molecule has 1 amide bonds. The quantitative estimate of drug-likeness (QED) is 0.907. The van der Waals surface area contributed by atoms with Crippen LogP contribution in [0.3, 0.4) is 0 Å². The van der Waals surface area contributed by atoms with Crippen molar-refractivity contribution >= 4 is 17.3 Å². The van der Waals surface area contributed by atoms with Crippen LogP contribution in [0.25, 0.3) is 0 Å². The van der Waals surface area contributed by atoms with E-state index in [4.69, 9.17) is 4.74 Å². The lowest BCUT2D eigenvalue weighted by Gasteiger charge is -2.34. The van der Waals surface area contributed by atoms with E-state index < -0.39 is 6.10 Å². The number of nitrogens with zero attached hydrogens (tertiary/aromatic N) is 1. The van der Waals surface area contributed by atoms with Gasteiger partial charge in [-0.05, 0) is 31.4 Å². The molecule has 0 saturated carbocycles. The van der Waals surface area contributed by atoms with Gasteiger partial charge in [0.05, 0.1) is 5.69 Å². The van der Waals surface area contributed by atoms with Crippen LogP contribution in [0, 0.1) is 5.92 Å². The average molecular weight is 262 g/mol. The predicted molar refractivity (Wildman–Crippen MR) is 77.9 cm³/mol. The van der Waals surface area contributed by atoms with Gasteiger partial charge in [-0.15, -0.1) is 0 Å². The number of carbonyl (C=O) groups excluding carboxylic acids is 1. The maximum absolute atomic E-state index is 12.3. The van der Waals surface area contributed by atoms with Crippen molar-refractivity contribution in [3.05, 3.63) is 18.2 Å². The maximum atomic E-state index is 12.3. The topological polar surface area (TPSA) is 41.6 Å². The molecule has 4 heteroatoms. The fourth-order valence-electron chi connectivity index (χ4n) is 2.28. The molecule has 0 aliphatic carbocycles. The highest BCUT2D eigenvalue weighted by molar-refractivity contribution is 6.03. The summed E-state index contributed by atoms with van der Waals surface area (Å²) in [6.07, 6.45) is 0.572. The molecule has 1 aliphatic heterocycles. The number of para-hydroxylation sites is 1. The van der Waals surface area contributed by atoms with Gasteiger partial charge < -0.3 is 15.0 Å². The summed E-state index contributed by atoms with van der Waals surface area (Å²) in [5, 5.41) is 3.13. The van der Waals surface area contributed by atoms with Crippen LogP contribution in [0.4, 0.5) is 11.4 Å². The van der Waals surface area contributed by atoms with Crippen LogP contribution < -0.4 is 15.0 Å². The molecule has 1 N–H and O–H groups in total. The fraction of sp³-hybridized carbons (Fsp3) is 0.533. The molecule has 0 radical (unpaired) electrons. The highest BCUT2D eigenvalue weighted by Gasteiger charge is 2.32. The Hall–Kier alpha value is -1.71. The number of carbonyl (C=O) groups is 1. The number of anilines is 2. The molecule has 0 spiro atoms. The number of hydrogen-bond acceptors (Lipinski definition) is 3.